The standard InChI is InChI=1S/C24H23ClN4O4/c1-15-4-6-16(7-5-15)12-26-23(32)24(2)13-28-14-27-19(22(31)33-3)20(28)21(30)29(24)18-10-8-17(25)9-11-18/h4-11,14H,12-13H2,1-3H3,(H,26,32). The van der Waals surface area contributed by atoms with E-state index in [-0.39, 0.29) is 23.8 Å². The lowest BCUT2D eigenvalue weighted by molar-refractivity contribution is -0.126. The lowest BCUT2D eigenvalue weighted by Gasteiger charge is -2.43. The maximum Gasteiger partial charge on any atom is 0.359 e. The highest BCUT2D eigenvalue weighted by Gasteiger charge is 2.49. The van der Waals surface area contributed by atoms with Gasteiger partial charge in [-0.3, -0.25) is 14.5 Å². The number of esters is 1. The Bertz CT molecular complexity index is 1220. The van der Waals surface area contributed by atoms with Crippen molar-refractivity contribution in [1.82, 2.24) is 14.9 Å². The maximum absolute atomic E-state index is 13.7. The predicted octanol–water partition coefficient (Wildman–Crippen LogP) is 3.37. The number of methoxy groups -OCH3 is 1. The number of imidazole rings is 1. The second kappa shape index (κ2) is 8.71. The summed E-state index contributed by atoms with van der Waals surface area (Å²) in [5.41, 5.74) is 1.22. The van der Waals surface area contributed by atoms with Gasteiger partial charge in [-0.25, -0.2) is 9.78 Å². The minimum Gasteiger partial charge on any atom is -0.464 e. The van der Waals surface area contributed by atoms with Crippen molar-refractivity contribution in [3.8, 4) is 0 Å². The number of anilines is 1. The number of hydrogen-bond acceptors (Lipinski definition) is 5. The number of halogens is 1. The van der Waals surface area contributed by atoms with Gasteiger partial charge in [0.15, 0.2) is 5.69 Å². The molecule has 9 heteroatoms. The van der Waals surface area contributed by atoms with Gasteiger partial charge in [-0.15, -0.1) is 0 Å². The summed E-state index contributed by atoms with van der Waals surface area (Å²) in [7, 11) is 1.22. The monoisotopic (exact) mass is 466 g/mol. The first-order chi connectivity index (χ1) is 15.7. The Kier molecular flexibility index (Phi) is 5.95. The van der Waals surface area contributed by atoms with Gasteiger partial charge < -0.3 is 14.6 Å². The molecular weight excluding hydrogens is 444 g/mol. The summed E-state index contributed by atoms with van der Waals surface area (Å²) < 4.78 is 6.30. The number of rotatable bonds is 5. The first-order valence-corrected chi connectivity index (χ1v) is 10.7. The van der Waals surface area contributed by atoms with Crippen molar-refractivity contribution in [3.63, 3.8) is 0 Å². The van der Waals surface area contributed by atoms with Gasteiger partial charge in [-0.2, -0.15) is 0 Å². The van der Waals surface area contributed by atoms with Crippen LogP contribution in [0.4, 0.5) is 5.69 Å². The normalized spacial score (nSPS) is 17.5. The molecule has 1 aromatic heterocycles. The van der Waals surface area contributed by atoms with Crippen LogP contribution in [0.2, 0.25) is 5.02 Å². The topological polar surface area (TPSA) is 93.5 Å². The van der Waals surface area contributed by atoms with Crippen LogP contribution in [0, 0.1) is 6.92 Å². The van der Waals surface area contributed by atoms with Crippen LogP contribution >= 0.6 is 11.6 Å². The molecule has 0 aliphatic carbocycles. The van der Waals surface area contributed by atoms with E-state index in [1.54, 1.807) is 31.2 Å². The van der Waals surface area contributed by atoms with E-state index in [2.05, 4.69) is 10.3 Å². The number of nitrogens with zero attached hydrogens (tertiary/aromatic N) is 3. The number of nitrogens with one attached hydrogen (secondary N) is 1. The molecule has 1 atom stereocenters. The number of benzene rings is 2. The Morgan fingerprint density at radius 2 is 1.82 bits per heavy atom. The Morgan fingerprint density at radius 1 is 1.15 bits per heavy atom. The van der Waals surface area contributed by atoms with Gasteiger partial charge in [0, 0.05) is 17.3 Å². The summed E-state index contributed by atoms with van der Waals surface area (Å²) in [5, 5.41) is 3.44. The van der Waals surface area contributed by atoms with E-state index in [9.17, 15) is 14.4 Å². The zero-order valence-electron chi connectivity index (χ0n) is 18.5. The summed E-state index contributed by atoms with van der Waals surface area (Å²) in [5.74, 6) is -1.60. The van der Waals surface area contributed by atoms with Crippen molar-refractivity contribution < 1.29 is 19.1 Å². The Hall–Kier alpha value is -3.65. The van der Waals surface area contributed by atoms with Crippen LogP contribution in [0.25, 0.3) is 0 Å². The first kappa shape index (κ1) is 22.5. The molecule has 1 aliphatic heterocycles. The third-order valence-electron chi connectivity index (χ3n) is 5.74. The van der Waals surface area contributed by atoms with Crippen LogP contribution in [0.3, 0.4) is 0 Å². The van der Waals surface area contributed by atoms with E-state index in [1.165, 1.54) is 22.9 Å². The minimum atomic E-state index is -1.29. The number of ether oxygens (including phenoxy) is 1. The highest BCUT2D eigenvalue weighted by atomic mass is 35.5. The molecular formula is C24H23ClN4O4. The van der Waals surface area contributed by atoms with Crippen LogP contribution in [0.5, 0.6) is 0 Å². The van der Waals surface area contributed by atoms with Crippen molar-refractivity contribution in [2.45, 2.75) is 32.5 Å². The van der Waals surface area contributed by atoms with Crippen molar-refractivity contribution in [1.29, 1.82) is 0 Å². The molecule has 33 heavy (non-hydrogen) atoms. The van der Waals surface area contributed by atoms with Gasteiger partial charge in [0.05, 0.1) is 20.0 Å². The van der Waals surface area contributed by atoms with Gasteiger partial charge >= 0.3 is 5.97 Å². The fraction of sp³-hybridized carbons (Fsp3) is 0.250. The van der Waals surface area contributed by atoms with Gasteiger partial charge in [0.2, 0.25) is 5.91 Å². The van der Waals surface area contributed by atoms with Crippen LogP contribution in [-0.4, -0.2) is 40.0 Å². The van der Waals surface area contributed by atoms with Crippen molar-refractivity contribution >= 4 is 35.1 Å². The number of aryl methyl sites for hydroxylation is 1. The first-order valence-electron chi connectivity index (χ1n) is 10.3. The van der Waals surface area contributed by atoms with Crippen molar-refractivity contribution in [2.24, 2.45) is 0 Å². The predicted molar refractivity (Wildman–Crippen MR) is 123 cm³/mol. The smallest absolute Gasteiger partial charge is 0.359 e. The molecule has 0 fully saturated rings. The maximum atomic E-state index is 13.7. The number of fused-ring (bicyclic) bond motifs is 1. The van der Waals surface area contributed by atoms with Crippen LogP contribution in [-0.2, 0) is 22.6 Å². The van der Waals surface area contributed by atoms with E-state index in [0.717, 1.165) is 11.1 Å². The SMILES string of the molecule is COC(=O)c1ncn2c1C(=O)N(c1ccc(Cl)cc1)C(C)(C(=O)NCc1ccc(C)cc1)C2. The molecule has 0 saturated heterocycles. The third-order valence-corrected chi connectivity index (χ3v) is 5.99. The molecule has 4 rings (SSSR count). The van der Waals surface area contributed by atoms with Crippen LogP contribution in [0.1, 0.15) is 39.0 Å². The zero-order chi connectivity index (χ0) is 23.8. The molecule has 0 spiro atoms. The van der Waals surface area contributed by atoms with E-state index in [4.69, 9.17) is 16.3 Å². The van der Waals surface area contributed by atoms with Gasteiger partial charge in [0.25, 0.3) is 5.91 Å². The van der Waals surface area contributed by atoms with Crippen molar-refractivity contribution in [2.75, 3.05) is 12.0 Å². The minimum absolute atomic E-state index is 0.0700. The fourth-order valence-electron chi connectivity index (χ4n) is 3.95. The van der Waals surface area contributed by atoms with E-state index in [0.29, 0.717) is 17.3 Å². The van der Waals surface area contributed by atoms with E-state index < -0.39 is 17.4 Å². The summed E-state index contributed by atoms with van der Waals surface area (Å²) >= 11 is 6.04. The molecule has 8 nitrogen and oxygen atoms in total. The third kappa shape index (κ3) is 4.09. The van der Waals surface area contributed by atoms with Gasteiger partial charge in [-0.1, -0.05) is 41.4 Å². The lowest BCUT2D eigenvalue weighted by atomic mass is 9.93. The summed E-state index contributed by atoms with van der Waals surface area (Å²) in [6.45, 7) is 4.08. The molecule has 3 aromatic rings. The summed E-state index contributed by atoms with van der Waals surface area (Å²) in [6, 6.07) is 14.4. The summed E-state index contributed by atoms with van der Waals surface area (Å²) in [4.78, 5) is 44.8. The highest BCUT2D eigenvalue weighted by molar-refractivity contribution is 6.30. The molecule has 0 saturated carbocycles. The van der Waals surface area contributed by atoms with Gasteiger partial charge in [-0.05, 0) is 43.7 Å². The Morgan fingerprint density at radius 3 is 2.45 bits per heavy atom. The fourth-order valence-corrected chi connectivity index (χ4v) is 4.08. The summed E-state index contributed by atoms with van der Waals surface area (Å²) in [6.07, 6.45) is 1.38. The highest BCUT2D eigenvalue weighted by Crippen LogP contribution is 2.34. The van der Waals surface area contributed by atoms with E-state index >= 15 is 0 Å². The zero-order valence-corrected chi connectivity index (χ0v) is 19.2. The number of hydrogen-bond donors (Lipinski definition) is 1. The molecule has 2 aromatic carbocycles. The number of amides is 2. The lowest BCUT2D eigenvalue weighted by Crippen LogP contribution is -2.64. The average molecular weight is 467 g/mol. The van der Waals surface area contributed by atoms with Gasteiger partial charge in [0.1, 0.15) is 11.2 Å². The molecule has 170 valence electrons. The second-order valence-corrected chi connectivity index (χ2v) is 8.56. The average Bonchev–Trinajstić information content (AvgIpc) is 3.23. The van der Waals surface area contributed by atoms with Crippen molar-refractivity contribution in [3.05, 3.63) is 82.4 Å². The molecule has 2 amide bonds. The number of carbonyl (C=O) groups is 3. The molecule has 2 heterocycles. The largest absolute Gasteiger partial charge is 0.464 e. The van der Waals surface area contributed by atoms with Crippen LogP contribution < -0.4 is 10.2 Å². The molecule has 1 N–H and O–H groups in total. The molecule has 1 unspecified atom stereocenters. The molecule has 1 aliphatic rings. The Balaban J connectivity index is 1.73. The number of carbonyl (C=O) groups excluding carboxylic acids is 3. The Labute approximate surface area is 196 Å². The second-order valence-electron chi connectivity index (χ2n) is 8.12. The molecule has 0 bridgehead atoms. The quantitative estimate of drug-likeness (QED) is 0.582. The molecule has 0 radical (unpaired) electrons. The number of aromatic nitrogens is 2. The van der Waals surface area contributed by atoms with Crippen LogP contribution in [0.15, 0.2) is 54.9 Å². The van der Waals surface area contributed by atoms with E-state index in [1.807, 2.05) is 31.2 Å².